The highest BCUT2D eigenvalue weighted by Gasteiger charge is 2.39. The molecule has 0 aliphatic carbocycles. The summed E-state index contributed by atoms with van der Waals surface area (Å²) >= 11 is 8.34. The highest BCUT2D eigenvalue weighted by molar-refractivity contribution is 8.00. The van der Waals surface area contributed by atoms with Gasteiger partial charge in [0.15, 0.2) is 9.84 Å². The highest BCUT2D eigenvalue weighted by Crippen LogP contribution is 2.34. The molecule has 2 aliphatic heterocycles. The Kier molecular flexibility index (Phi) is 8.24. The van der Waals surface area contributed by atoms with Crippen LogP contribution >= 0.6 is 23.4 Å². The Morgan fingerprint density at radius 2 is 1.94 bits per heavy atom. The van der Waals surface area contributed by atoms with Gasteiger partial charge in [0.05, 0.1) is 24.7 Å². The second kappa shape index (κ2) is 11.2. The van der Waals surface area contributed by atoms with Gasteiger partial charge in [0, 0.05) is 34.3 Å². The molecule has 6 nitrogen and oxygen atoms in total. The smallest absolute Gasteiger partial charge is 0.237 e. The maximum absolute atomic E-state index is 13.2. The summed E-state index contributed by atoms with van der Waals surface area (Å²) in [4.78, 5) is 16.4. The summed E-state index contributed by atoms with van der Waals surface area (Å²) in [6.07, 6.45) is 3.06. The maximum atomic E-state index is 13.2. The van der Waals surface area contributed by atoms with Crippen molar-refractivity contribution in [3.63, 3.8) is 0 Å². The largest absolute Gasteiger partial charge is 0.497 e. The number of amides is 1. The van der Waals surface area contributed by atoms with E-state index in [-0.39, 0.29) is 34.7 Å². The van der Waals surface area contributed by atoms with Crippen LogP contribution in [0.25, 0.3) is 6.08 Å². The fourth-order valence-electron chi connectivity index (χ4n) is 4.42. The molecule has 182 valence electrons. The van der Waals surface area contributed by atoms with Crippen molar-refractivity contribution in [1.29, 1.82) is 0 Å². The van der Waals surface area contributed by atoms with Crippen LogP contribution in [0, 0.1) is 0 Å². The number of thioether (sulfide) groups is 1. The number of benzene rings is 2. The Labute approximate surface area is 210 Å². The van der Waals surface area contributed by atoms with Gasteiger partial charge in [-0.15, -0.1) is 11.8 Å². The summed E-state index contributed by atoms with van der Waals surface area (Å²) in [5, 5.41) is 3.84. The van der Waals surface area contributed by atoms with Crippen LogP contribution in [0.2, 0.25) is 0 Å². The lowest BCUT2D eigenvalue weighted by Gasteiger charge is -2.24. The highest BCUT2D eigenvalue weighted by atomic mass is 35.5. The fourth-order valence-corrected chi connectivity index (χ4v) is 7.59. The third-order valence-corrected chi connectivity index (χ3v) is 9.30. The molecule has 0 radical (unpaired) electrons. The van der Waals surface area contributed by atoms with Gasteiger partial charge >= 0.3 is 0 Å². The van der Waals surface area contributed by atoms with Crippen LogP contribution in [0.3, 0.4) is 0 Å². The van der Waals surface area contributed by atoms with Crippen molar-refractivity contribution in [3.05, 3.63) is 65.2 Å². The van der Waals surface area contributed by atoms with E-state index in [0.29, 0.717) is 31.0 Å². The monoisotopic (exact) mass is 520 g/mol. The number of sulfone groups is 1. The van der Waals surface area contributed by atoms with Crippen LogP contribution in [-0.2, 0) is 14.6 Å². The molecule has 2 aliphatic rings. The molecular formula is C25H29ClN2O4S2. The molecule has 1 unspecified atom stereocenters. The SMILES string of the molecule is COc1ccc(S[C@@H]2C[C@@H](C(=O)NC3CCS(=O)(=O)C3)N(C/C(Cl)=C/c3ccccc3)C2)cc1. The zero-order valence-electron chi connectivity index (χ0n) is 19.0. The van der Waals surface area contributed by atoms with Crippen molar-refractivity contribution in [2.24, 2.45) is 0 Å². The van der Waals surface area contributed by atoms with Gasteiger partial charge in [-0.1, -0.05) is 41.9 Å². The number of carbonyl (C=O) groups is 1. The van der Waals surface area contributed by atoms with Crippen LogP contribution in [-0.4, -0.2) is 68.3 Å². The molecule has 0 saturated carbocycles. The second-order valence-electron chi connectivity index (χ2n) is 8.71. The van der Waals surface area contributed by atoms with Crippen LogP contribution in [0.4, 0.5) is 0 Å². The zero-order chi connectivity index (χ0) is 24.1. The average molecular weight is 521 g/mol. The standard InChI is InChI=1S/C25H29ClN2O4S2/c1-32-21-7-9-22(10-8-21)33-23-14-24(25(29)27-20-11-12-34(30,31)17-20)28(16-23)15-19(26)13-18-5-3-2-4-6-18/h2-10,13,20,23-24H,11-12,14-17H2,1H3,(H,27,29)/b19-13-/t20?,23-,24+/m1/s1. The third-order valence-electron chi connectivity index (χ3n) is 6.09. The number of likely N-dealkylation sites (tertiary alicyclic amines) is 1. The quantitative estimate of drug-likeness (QED) is 0.570. The molecule has 2 saturated heterocycles. The lowest BCUT2D eigenvalue weighted by Crippen LogP contribution is -2.47. The van der Waals surface area contributed by atoms with Gasteiger partial charge in [0.25, 0.3) is 0 Å². The summed E-state index contributed by atoms with van der Waals surface area (Å²) in [5.74, 6) is 0.834. The Hall–Kier alpha value is -2.00. The first-order chi connectivity index (χ1) is 16.3. The van der Waals surface area contributed by atoms with E-state index in [2.05, 4.69) is 10.2 Å². The van der Waals surface area contributed by atoms with Crippen LogP contribution in [0.1, 0.15) is 18.4 Å². The Morgan fingerprint density at radius 3 is 2.59 bits per heavy atom. The second-order valence-corrected chi connectivity index (χ2v) is 12.8. The first-order valence-electron chi connectivity index (χ1n) is 11.3. The van der Waals surface area contributed by atoms with E-state index in [1.807, 2.05) is 60.7 Å². The van der Waals surface area contributed by atoms with Gasteiger partial charge in [-0.3, -0.25) is 9.69 Å². The van der Waals surface area contributed by atoms with Gasteiger partial charge < -0.3 is 10.1 Å². The van der Waals surface area contributed by atoms with Crippen molar-refractivity contribution in [2.75, 3.05) is 31.7 Å². The van der Waals surface area contributed by atoms with Crippen molar-refractivity contribution in [2.45, 2.75) is 35.1 Å². The molecule has 3 atom stereocenters. The van der Waals surface area contributed by atoms with E-state index < -0.39 is 9.84 Å². The molecule has 0 spiro atoms. The lowest BCUT2D eigenvalue weighted by atomic mass is 10.1. The summed E-state index contributed by atoms with van der Waals surface area (Å²) in [6.45, 7) is 1.16. The lowest BCUT2D eigenvalue weighted by molar-refractivity contribution is -0.125. The maximum Gasteiger partial charge on any atom is 0.237 e. The molecule has 0 aromatic heterocycles. The summed E-state index contributed by atoms with van der Waals surface area (Å²) < 4.78 is 28.9. The fraction of sp³-hybridized carbons (Fsp3) is 0.400. The predicted octanol–water partition coefficient (Wildman–Crippen LogP) is 3.81. The molecule has 2 fully saturated rings. The number of hydrogen-bond donors (Lipinski definition) is 1. The number of methoxy groups -OCH3 is 1. The Morgan fingerprint density at radius 1 is 1.21 bits per heavy atom. The topological polar surface area (TPSA) is 75.7 Å². The molecule has 9 heteroatoms. The van der Waals surface area contributed by atoms with Gasteiger partial charge in [-0.25, -0.2) is 8.42 Å². The molecule has 34 heavy (non-hydrogen) atoms. The first kappa shape index (κ1) is 25.1. The summed E-state index contributed by atoms with van der Waals surface area (Å²) in [7, 11) is -1.42. The summed E-state index contributed by atoms with van der Waals surface area (Å²) in [6, 6.07) is 17.1. The zero-order valence-corrected chi connectivity index (χ0v) is 21.4. The molecule has 1 N–H and O–H groups in total. The number of carbonyl (C=O) groups excluding carboxylic acids is 1. The number of nitrogens with one attached hydrogen (secondary N) is 1. The van der Waals surface area contributed by atoms with Crippen LogP contribution < -0.4 is 10.1 Å². The molecule has 2 aromatic carbocycles. The first-order valence-corrected chi connectivity index (χ1v) is 14.4. The number of nitrogens with zero attached hydrogens (tertiary/aromatic N) is 1. The molecular weight excluding hydrogens is 492 g/mol. The van der Waals surface area contributed by atoms with E-state index in [1.54, 1.807) is 18.9 Å². The van der Waals surface area contributed by atoms with Crippen molar-refractivity contribution >= 4 is 45.2 Å². The van der Waals surface area contributed by atoms with Crippen molar-refractivity contribution in [3.8, 4) is 5.75 Å². The normalized spacial score (nSPS) is 24.8. The number of rotatable bonds is 8. The van der Waals surface area contributed by atoms with E-state index >= 15 is 0 Å². The summed E-state index contributed by atoms with van der Waals surface area (Å²) in [5.41, 5.74) is 1.01. The van der Waals surface area contributed by atoms with E-state index in [9.17, 15) is 13.2 Å². The van der Waals surface area contributed by atoms with Gasteiger partial charge in [0.2, 0.25) is 5.91 Å². The van der Waals surface area contributed by atoms with E-state index in [0.717, 1.165) is 16.2 Å². The number of ether oxygens (including phenoxy) is 1. The van der Waals surface area contributed by atoms with Crippen molar-refractivity contribution in [1.82, 2.24) is 10.2 Å². The molecule has 2 heterocycles. The third kappa shape index (κ3) is 6.78. The van der Waals surface area contributed by atoms with Gasteiger partial charge in [0.1, 0.15) is 5.75 Å². The van der Waals surface area contributed by atoms with Gasteiger partial charge in [-0.2, -0.15) is 0 Å². The van der Waals surface area contributed by atoms with Crippen LogP contribution in [0.5, 0.6) is 5.75 Å². The van der Waals surface area contributed by atoms with Gasteiger partial charge in [-0.05, 0) is 48.7 Å². The van der Waals surface area contributed by atoms with E-state index in [1.165, 1.54) is 0 Å². The Bertz CT molecular complexity index is 1120. The minimum Gasteiger partial charge on any atom is -0.497 e. The van der Waals surface area contributed by atoms with Crippen molar-refractivity contribution < 1.29 is 17.9 Å². The molecule has 4 rings (SSSR count). The molecule has 2 aromatic rings. The minimum absolute atomic E-state index is 0.0180. The van der Waals surface area contributed by atoms with E-state index in [4.69, 9.17) is 16.3 Å². The predicted molar refractivity (Wildman–Crippen MR) is 138 cm³/mol. The van der Waals surface area contributed by atoms with Crippen LogP contribution in [0.15, 0.2) is 64.5 Å². The average Bonchev–Trinajstić information content (AvgIpc) is 3.36. The Balaban J connectivity index is 1.46. The number of halogens is 1. The molecule has 1 amide bonds. The molecule has 0 bridgehead atoms. The number of hydrogen-bond acceptors (Lipinski definition) is 6. The minimum atomic E-state index is -3.06.